The first-order valence-corrected chi connectivity index (χ1v) is 6.07. The molecule has 1 aromatic heterocycles. The lowest BCUT2D eigenvalue weighted by Crippen LogP contribution is -2.29. The number of aliphatic hydroxyl groups is 1. The Bertz CT molecular complexity index is 314. The van der Waals surface area contributed by atoms with Crippen LogP contribution in [-0.4, -0.2) is 39.7 Å². The molecule has 5 nitrogen and oxygen atoms in total. The molecule has 84 valence electrons. The summed E-state index contributed by atoms with van der Waals surface area (Å²) in [6.07, 6.45) is 2.12. The number of thioether (sulfide) groups is 1. The molecule has 0 saturated heterocycles. The molecule has 1 unspecified atom stereocenters. The second kappa shape index (κ2) is 4.96. The van der Waals surface area contributed by atoms with Crippen molar-refractivity contribution in [1.29, 1.82) is 0 Å². The van der Waals surface area contributed by atoms with Crippen molar-refractivity contribution in [2.24, 2.45) is 0 Å². The van der Waals surface area contributed by atoms with Gasteiger partial charge in [0.05, 0.1) is 6.10 Å². The standard InChI is InChI=1S/C9H15N3O2S/c1-6-11-12-9(14-6)15-5-8(13)4-10-7-2-3-7/h7-8,10,13H,2-5H2,1H3. The van der Waals surface area contributed by atoms with Crippen LogP contribution in [0, 0.1) is 6.92 Å². The summed E-state index contributed by atoms with van der Waals surface area (Å²) in [7, 11) is 0. The van der Waals surface area contributed by atoms with Crippen molar-refractivity contribution in [2.45, 2.75) is 37.1 Å². The molecule has 0 bridgehead atoms. The van der Waals surface area contributed by atoms with Crippen LogP contribution >= 0.6 is 11.8 Å². The van der Waals surface area contributed by atoms with Crippen LogP contribution in [-0.2, 0) is 0 Å². The number of rotatable bonds is 6. The normalized spacial score (nSPS) is 18.0. The molecule has 1 aliphatic rings. The van der Waals surface area contributed by atoms with E-state index in [9.17, 15) is 5.11 Å². The molecule has 2 rings (SSSR count). The summed E-state index contributed by atoms with van der Waals surface area (Å²) in [6.45, 7) is 2.40. The van der Waals surface area contributed by atoms with Gasteiger partial charge in [-0.3, -0.25) is 0 Å². The maximum Gasteiger partial charge on any atom is 0.276 e. The van der Waals surface area contributed by atoms with E-state index in [-0.39, 0.29) is 6.10 Å². The van der Waals surface area contributed by atoms with E-state index in [4.69, 9.17) is 4.42 Å². The number of hydrogen-bond acceptors (Lipinski definition) is 6. The first-order valence-electron chi connectivity index (χ1n) is 5.08. The molecule has 0 amide bonds. The van der Waals surface area contributed by atoms with Gasteiger partial charge >= 0.3 is 0 Å². The zero-order valence-electron chi connectivity index (χ0n) is 8.64. The van der Waals surface area contributed by atoms with E-state index in [2.05, 4.69) is 15.5 Å². The first kappa shape index (κ1) is 10.9. The van der Waals surface area contributed by atoms with Gasteiger partial charge in [0, 0.05) is 25.3 Å². The van der Waals surface area contributed by atoms with E-state index < -0.39 is 0 Å². The average molecular weight is 229 g/mol. The van der Waals surface area contributed by atoms with Crippen molar-refractivity contribution in [2.75, 3.05) is 12.3 Å². The first-order chi connectivity index (χ1) is 7.24. The van der Waals surface area contributed by atoms with E-state index >= 15 is 0 Å². The Morgan fingerprint density at radius 2 is 2.40 bits per heavy atom. The topological polar surface area (TPSA) is 71.2 Å². The van der Waals surface area contributed by atoms with Gasteiger partial charge in [-0.25, -0.2) is 0 Å². The van der Waals surface area contributed by atoms with Crippen LogP contribution in [0.1, 0.15) is 18.7 Å². The lowest BCUT2D eigenvalue weighted by molar-refractivity contribution is 0.195. The minimum absolute atomic E-state index is 0.359. The number of hydrogen-bond donors (Lipinski definition) is 2. The molecular weight excluding hydrogens is 214 g/mol. The molecule has 1 aliphatic carbocycles. The molecule has 0 radical (unpaired) electrons. The third kappa shape index (κ3) is 3.81. The molecule has 0 spiro atoms. The van der Waals surface area contributed by atoms with Gasteiger partial charge in [0.15, 0.2) is 0 Å². The average Bonchev–Trinajstić information content (AvgIpc) is 2.95. The molecule has 15 heavy (non-hydrogen) atoms. The number of aliphatic hydroxyl groups excluding tert-OH is 1. The van der Waals surface area contributed by atoms with Crippen LogP contribution in [0.3, 0.4) is 0 Å². The van der Waals surface area contributed by atoms with Crippen molar-refractivity contribution < 1.29 is 9.52 Å². The maximum atomic E-state index is 9.62. The zero-order chi connectivity index (χ0) is 10.7. The SMILES string of the molecule is Cc1nnc(SCC(O)CNC2CC2)o1. The maximum absolute atomic E-state index is 9.62. The third-order valence-corrected chi connectivity index (χ3v) is 3.09. The summed E-state index contributed by atoms with van der Waals surface area (Å²) in [5.74, 6) is 1.14. The fraction of sp³-hybridized carbons (Fsp3) is 0.778. The van der Waals surface area contributed by atoms with Crippen LogP contribution in [0.5, 0.6) is 0 Å². The van der Waals surface area contributed by atoms with Crippen molar-refractivity contribution in [3.63, 3.8) is 0 Å². The van der Waals surface area contributed by atoms with Gasteiger partial charge in [0.25, 0.3) is 5.22 Å². The van der Waals surface area contributed by atoms with Gasteiger partial charge in [-0.1, -0.05) is 11.8 Å². The number of nitrogens with one attached hydrogen (secondary N) is 1. The molecular formula is C9H15N3O2S. The number of aromatic nitrogens is 2. The van der Waals surface area contributed by atoms with Gasteiger partial charge in [0.1, 0.15) is 0 Å². The minimum Gasteiger partial charge on any atom is -0.416 e. The Kier molecular flexibility index (Phi) is 3.61. The summed E-state index contributed by atoms with van der Waals surface area (Å²) in [6, 6.07) is 0.635. The van der Waals surface area contributed by atoms with E-state index in [0.717, 1.165) is 0 Å². The quantitative estimate of drug-likeness (QED) is 0.695. The predicted octanol–water partition coefficient (Wildman–Crippen LogP) is 0.583. The monoisotopic (exact) mass is 229 g/mol. The highest BCUT2D eigenvalue weighted by Gasteiger charge is 2.21. The van der Waals surface area contributed by atoms with Gasteiger partial charge in [-0.15, -0.1) is 10.2 Å². The highest BCUT2D eigenvalue weighted by Crippen LogP contribution is 2.19. The van der Waals surface area contributed by atoms with Crippen LogP contribution in [0.15, 0.2) is 9.64 Å². The summed E-state index contributed by atoms with van der Waals surface area (Å²) in [5, 5.41) is 21.0. The second-order valence-corrected chi connectivity index (χ2v) is 4.71. The molecule has 0 aliphatic heterocycles. The van der Waals surface area contributed by atoms with Crippen molar-refractivity contribution in [3.8, 4) is 0 Å². The van der Waals surface area contributed by atoms with Crippen LogP contribution < -0.4 is 5.32 Å². The van der Waals surface area contributed by atoms with E-state index in [1.165, 1.54) is 24.6 Å². The largest absolute Gasteiger partial charge is 0.416 e. The summed E-state index contributed by atoms with van der Waals surface area (Å²) < 4.78 is 5.18. The van der Waals surface area contributed by atoms with Gasteiger partial charge in [0.2, 0.25) is 5.89 Å². The second-order valence-electron chi connectivity index (χ2n) is 3.73. The molecule has 6 heteroatoms. The fourth-order valence-corrected chi connectivity index (χ4v) is 1.88. The Labute approximate surface area is 92.6 Å². The summed E-state index contributed by atoms with van der Waals surface area (Å²) >= 11 is 1.39. The van der Waals surface area contributed by atoms with Crippen molar-refractivity contribution >= 4 is 11.8 Å². The van der Waals surface area contributed by atoms with Crippen LogP contribution in [0.2, 0.25) is 0 Å². The predicted molar refractivity (Wildman–Crippen MR) is 56.8 cm³/mol. The van der Waals surface area contributed by atoms with Gasteiger partial charge in [-0.2, -0.15) is 0 Å². The Morgan fingerprint density at radius 1 is 1.60 bits per heavy atom. The van der Waals surface area contributed by atoms with Crippen molar-refractivity contribution in [3.05, 3.63) is 5.89 Å². The lowest BCUT2D eigenvalue weighted by Gasteiger charge is -2.08. The molecule has 1 fully saturated rings. The highest BCUT2D eigenvalue weighted by atomic mass is 32.2. The Morgan fingerprint density at radius 3 is 3.00 bits per heavy atom. The Balaban J connectivity index is 1.63. The summed E-state index contributed by atoms with van der Waals surface area (Å²) in [4.78, 5) is 0. The molecule has 1 aromatic rings. The minimum atomic E-state index is -0.359. The Hall–Kier alpha value is -0.590. The van der Waals surface area contributed by atoms with E-state index in [0.29, 0.717) is 29.5 Å². The molecule has 1 saturated carbocycles. The van der Waals surface area contributed by atoms with Crippen LogP contribution in [0.4, 0.5) is 0 Å². The highest BCUT2D eigenvalue weighted by molar-refractivity contribution is 7.99. The zero-order valence-corrected chi connectivity index (χ0v) is 9.46. The smallest absolute Gasteiger partial charge is 0.276 e. The number of nitrogens with zero attached hydrogens (tertiary/aromatic N) is 2. The molecule has 1 atom stereocenters. The number of aryl methyl sites for hydroxylation is 1. The fourth-order valence-electron chi connectivity index (χ4n) is 1.15. The summed E-state index contributed by atoms with van der Waals surface area (Å²) in [5.41, 5.74) is 0. The molecule has 1 heterocycles. The lowest BCUT2D eigenvalue weighted by atomic mass is 10.4. The van der Waals surface area contributed by atoms with E-state index in [1.807, 2.05) is 0 Å². The third-order valence-electron chi connectivity index (χ3n) is 2.13. The van der Waals surface area contributed by atoms with Gasteiger partial charge < -0.3 is 14.8 Å². The van der Waals surface area contributed by atoms with Crippen molar-refractivity contribution in [1.82, 2.24) is 15.5 Å². The van der Waals surface area contributed by atoms with E-state index in [1.54, 1.807) is 6.92 Å². The molecule has 2 N–H and O–H groups in total. The van der Waals surface area contributed by atoms with Gasteiger partial charge in [-0.05, 0) is 12.8 Å². The van der Waals surface area contributed by atoms with Crippen LogP contribution in [0.25, 0.3) is 0 Å². The molecule has 0 aromatic carbocycles.